The molecular formula is C16H21N3O. The Hall–Kier alpha value is -2.10. The Labute approximate surface area is 119 Å². The van der Waals surface area contributed by atoms with E-state index in [1.807, 2.05) is 20.0 Å². The average Bonchev–Trinajstić information content (AvgIpc) is 2.77. The second-order valence-electron chi connectivity index (χ2n) is 5.35. The van der Waals surface area contributed by atoms with E-state index in [2.05, 4.69) is 42.5 Å². The van der Waals surface area contributed by atoms with Crippen molar-refractivity contribution < 1.29 is 4.79 Å². The molecule has 0 aliphatic carbocycles. The molecule has 4 heteroatoms. The SMILES string of the molecule is Cc1cnn(CC(=O)NC(C)c2ccc(C)c(C)c2)c1. The van der Waals surface area contributed by atoms with E-state index in [-0.39, 0.29) is 18.5 Å². The molecule has 4 nitrogen and oxygen atoms in total. The number of carbonyl (C=O) groups excluding carboxylic acids is 1. The van der Waals surface area contributed by atoms with Crippen molar-refractivity contribution in [3.8, 4) is 0 Å². The second-order valence-corrected chi connectivity index (χ2v) is 5.35. The fraction of sp³-hybridized carbons (Fsp3) is 0.375. The second kappa shape index (κ2) is 5.90. The Morgan fingerprint density at radius 1 is 1.30 bits per heavy atom. The van der Waals surface area contributed by atoms with E-state index in [1.54, 1.807) is 10.9 Å². The van der Waals surface area contributed by atoms with Crippen LogP contribution < -0.4 is 5.32 Å². The van der Waals surface area contributed by atoms with Gasteiger partial charge in [-0.3, -0.25) is 9.48 Å². The maximum atomic E-state index is 12.0. The van der Waals surface area contributed by atoms with Gasteiger partial charge in [0.05, 0.1) is 12.2 Å². The van der Waals surface area contributed by atoms with Gasteiger partial charge in [-0.2, -0.15) is 5.10 Å². The number of rotatable bonds is 4. The summed E-state index contributed by atoms with van der Waals surface area (Å²) in [6.45, 7) is 8.38. The molecule has 1 unspecified atom stereocenters. The summed E-state index contributed by atoms with van der Waals surface area (Å²) in [5, 5.41) is 7.12. The third kappa shape index (κ3) is 3.47. The summed E-state index contributed by atoms with van der Waals surface area (Å²) >= 11 is 0. The van der Waals surface area contributed by atoms with Gasteiger partial charge in [0.25, 0.3) is 0 Å². The van der Waals surface area contributed by atoms with Crippen LogP contribution in [0.1, 0.15) is 35.2 Å². The molecule has 20 heavy (non-hydrogen) atoms. The lowest BCUT2D eigenvalue weighted by atomic mass is 10.0. The van der Waals surface area contributed by atoms with Crippen molar-refractivity contribution >= 4 is 5.91 Å². The first-order valence-electron chi connectivity index (χ1n) is 6.81. The summed E-state index contributed by atoms with van der Waals surface area (Å²) < 4.78 is 1.65. The van der Waals surface area contributed by atoms with Crippen LogP contribution in [0.25, 0.3) is 0 Å². The molecule has 1 atom stereocenters. The highest BCUT2D eigenvalue weighted by Crippen LogP contribution is 2.16. The largest absolute Gasteiger partial charge is 0.348 e. The molecule has 0 spiro atoms. The van der Waals surface area contributed by atoms with Crippen molar-refractivity contribution in [2.24, 2.45) is 0 Å². The topological polar surface area (TPSA) is 46.9 Å². The first-order valence-corrected chi connectivity index (χ1v) is 6.81. The van der Waals surface area contributed by atoms with E-state index in [0.29, 0.717) is 0 Å². The molecule has 0 fully saturated rings. The zero-order valence-corrected chi connectivity index (χ0v) is 12.5. The number of aromatic nitrogens is 2. The lowest BCUT2D eigenvalue weighted by Gasteiger charge is -2.15. The predicted molar refractivity (Wildman–Crippen MR) is 79.4 cm³/mol. The number of benzene rings is 1. The van der Waals surface area contributed by atoms with Crippen molar-refractivity contribution in [3.63, 3.8) is 0 Å². The molecule has 1 aromatic heterocycles. The summed E-state index contributed by atoms with van der Waals surface area (Å²) in [6, 6.07) is 6.27. The monoisotopic (exact) mass is 271 g/mol. The minimum Gasteiger partial charge on any atom is -0.348 e. The first-order chi connectivity index (χ1) is 9.45. The van der Waals surface area contributed by atoms with Crippen LogP contribution in [0.3, 0.4) is 0 Å². The van der Waals surface area contributed by atoms with E-state index < -0.39 is 0 Å². The molecule has 0 saturated heterocycles. The summed E-state index contributed by atoms with van der Waals surface area (Å²) in [5.74, 6) is -0.0289. The van der Waals surface area contributed by atoms with Gasteiger partial charge in [-0.25, -0.2) is 0 Å². The number of hydrogen-bond acceptors (Lipinski definition) is 2. The van der Waals surface area contributed by atoms with E-state index >= 15 is 0 Å². The summed E-state index contributed by atoms with van der Waals surface area (Å²) in [6.07, 6.45) is 3.61. The van der Waals surface area contributed by atoms with Gasteiger partial charge in [0.15, 0.2) is 0 Å². The molecule has 0 bridgehead atoms. The minimum atomic E-state index is -0.0289. The highest BCUT2D eigenvalue weighted by atomic mass is 16.2. The molecule has 0 aliphatic rings. The van der Waals surface area contributed by atoms with Crippen LogP contribution in [-0.4, -0.2) is 15.7 Å². The predicted octanol–water partition coefficient (Wildman–Crippen LogP) is 2.69. The molecule has 0 radical (unpaired) electrons. The van der Waals surface area contributed by atoms with Crippen LogP contribution in [0, 0.1) is 20.8 Å². The molecule has 2 rings (SSSR count). The normalized spacial score (nSPS) is 12.2. The fourth-order valence-corrected chi connectivity index (χ4v) is 2.10. The van der Waals surface area contributed by atoms with E-state index in [4.69, 9.17) is 0 Å². The smallest absolute Gasteiger partial charge is 0.242 e. The Morgan fingerprint density at radius 2 is 2.05 bits per heavy atom. The summed E-state index contributed by atoms with van der Waals surface area (Å²) in [7, 11) is 0. The Kier molecular flexibility index (Phi) is 4.23. The number of carbonyl (C=O) groups is 1. The van der Waals surface area contributed by atoms with Crippen LogP contribution in [0.4, 0.5) is 0 Å². The first kappa shape index (κ1) is 14.3. The van der Waals surface area contributed by atoms with Gasteiger partial charge in [-0.05, 0) is 49.9 Å². The van der Waals surface area contributed by atoms with Crippen LogP contribution in [0.15, 0.2) is 30.6 Å². The Bertz CT molecular complexity index is 616. The number of nitrogens with zero attached hydrogens (tertiary/aromatic N) is 2. The molecule has 1 heterocycles. The van der Waals surface area contributed by atoms with Gasteiger partial charge in [0.1, 0.15) is 6.54 Å². The highest BCUT2D eigenvalue weighted by Gasteiger charge is 2.11. The van der Waals surface area contributed by atoms with Gasteiger partial charge < -0.3 is 5.32 Å². The van der Waals surface area contributed by atoms with Crippen LogP contribution in [0.5, 0.6) is 0 Å². The number of aryl methyl sites for hydroxylation is 3. The zero-order chi connectivity index (χ0) is 14.7. The quantitative estimate of drug-likeness (QED) is 0.929. The van der Waals surface area contributed by atoms with Crippen molar-refractivity contribution in [2.75, 3.05) is 0 Å². The Morgan fingerprint density at radius 3 is 2.65 bits per heavy atom. The van der Waals surface area contributed by atoms with E-state index in [0.717, 1.165) is 11.1 Å². The van der Waals surface area contributed by atoms with Crippen LogP contribution in [0.2, 0.25) is 0 Å². The molecule has 0 aliphatic heterocycles. The highest BCUT2D eigenvalue weighted by molar-refractivity contribution is 5.76. The fourth-order valence-electron chi connectivity index (χ4n) is 2.10. The molecule has 2 aromatic rings. The van der Waals surface area contributed by atoms with Crippen molar-refractivity contribution in [1.82, 2.24) is 15.1 Å². The molecule has 106 valence electrons. The maximum Gasteiger partial charge on any atom is 0.242 e. The van der Waals surface area contributed by atoms with Crippen LogP contribution >= 0.6 is 0 Å². The molecule has 1 amide bonds. The van der Waals surface area contributed by atoms with E-state index in [9.17, 15) is 4.79 Å². The standard InChI is InChI=1S/C16H21N3O/c1-11-8-17-19(9-11)10-16(20)18-14(4)15-6-5-12(2)13(3)7-15/h5-9,14H,10H2,1-4H3,(H,18,20). The van der Waals surface area contributed by atoms with Gasteiger partial charge in [-0.1, -0.05) is 18.2 Å². The lowest BCUT2D eigenvalue weighted by Crippen LogP contribution is -2.30. The molecular weight excluding hydrogens is 250 g/mol. The number of nitrogens with one attached hydrogen (secondary N) is 1. The number of hydrogen-bond donors (Lipinski definition) is 1. The van der Waals surface area contributed by atoms with Crippen molar-refractivity contribution in [2.45, 2.75) is 40.3 Å². The van der Waals surface area contributed by atoms with Gasteiger partial charge in [-0.15, -0.1) is 0 Å². The Balaban J connectivity index is 1.98. The lowest BCUT2D eigenvalue weighted by molar-refractivity contribution is -0.122. The minimum absolute atomic E-state index is 0.00143. The van der Waals surface area contributed by atoms with Crippen molar-refractivity contribution in [1.29, 1.82) is 0 Å². The van der Waals surface area contributed by atoms with Gasteiger partial charge in [0, 0.05) is 6.20 Å². The van der Waals surface area contributed by atoms with Gasteiger partial charge in [0.2, 0.25) is 5.91 Å². The maximum absolute atomic E-state index is 12.0. The third-order valence-electron chi connectivity index (χ3n) is 3.48. The van der Waals surface area contributed by atoms with Crippen LogP contribution in [-0.2, 0) is 11.3 Å². The summed E-state index contributed by atoms with van der Waals surface area (Å²) in [4.78, 5) is 12.0. The molecule has 1 aromatic carbocycles. The third-order valence-corrected chi connectivity index (χ3v) is 3.48. The molecule has 1 N–H and O–H groups in total. The average molecular weight is 271 g/mol. The zero-order valence-electron chi connectivity index (χ0n) is 12.5. The number of amides is 1. The van der Waals surface area contributed by atoms with E-state index in [1.165, 1.54) is 11.1 Å². The summed E-state index contributed by atoms with van der Waals surface area (Å²) in [5.41, 5.74) is 4.68. The molecule has 0 saturated carbocycles. The van der Waals surface area contributed by atoms with Gasteiger partial charge >= 0.3 is 0 Å². The van der Waals surface area contributed by atoms with Crippen molar-refractivity contribution in [3.05, 3.63) is 52.8 Å².